The number of benzene rings is 2. The Labute approximate surface area is 140 Å². The lowest BCUT2D eigenvalue weighted by Crippen LogP contribution is -2.39. The molecule has 1 atom stereocenters. The fourth-order valence-corrected chi connectivity index (χ4v) is 3.01. The summed E-state index contributed by atoms with van der Waals surface area (Å²) >= 11 is 0. The summed E-state index contributed by atoms with van der Waals surface area (Å²) in [6.07, 6.45) is 0.960. The average molecular weight is 325 g/mol. The van der Waals surface area contributed by atoms with Crippen molar-refractivity contribution in [2.24, 2.45) is 5.92 Å². The summed E-state index contributed by atoms with van der Waals surface area (Å²) in [6, 6.07) is 14.6. The molecule has 2 aromatic carbocycles. The Morgan fingerprint density at radius 3 is 2.79 bits per heavy atom. The van der Waals surface area contributed by atoms with E-state index < -0.39 is 12.6 Å². The molecule has 1 unspecified atom stereocenters. The van der Waals surface area contributed by atoms with E-state index in [1.165, 1.54) is 5.56 Å². The number of ether oxygens (including phenoxy) is 1. The molecule has 5 nitrogen and oxygen atoms in total. The number of anilines is 1. The van der Waals surface area contributed by atoms with Gasteiger partial charge in [0.1, 0.15) is 5.75 Å². The predicted octanol–water partition coefficient (Wildman–Crippen LogP) is 2.99. The summed E-state index contributed by atoms with van der Waals surface area (Å²) in [5.74, 6) is -0.392. The highest BCUT2D eigenvalue weighted by Gasteiger charge is 2.27. The third-order valence-corrected chi connectivity index (χ3v) is 4.03. The fourth-order valence-electron chi connectivity index (χ4n) is 3.01. The molecule has 0 aliphatic carbocycles. The maximum Gasteiger partial charge on any atom is 0.341 e. The predicted molar refractivity (Wildman–Crippen MR) is 90.6 cm³/mol. The molecule has 0 saturated heterocycles. The molecule has 0 spiro atoms. The second kappa shape index (κ2) is 6.74. The number of rotatable bonds is 4. The van der Waals surface area contributed by atoms with E-state index >= 15 is 0 Å². The summed E-state index contributed by atoms with van der Waals surface area (Å²) in [5.41, 5.74) is 2.60. The van der Waals surface area contributed by atoms with Crippen molar-refractivity contribution in [1.29, 1.82) is 0 Å². The van der Waals surface area contributed by atoms with Gasteiger partial charge >= 0.3 is 5.97 Å². The smallest absolute Gasteiger partial charge is 0.341 e. The Kier molecular flexibility index (Phi) is 4.51. The summed E-state index contributed by atoms with van der Waals surface area (Å²) in [5, 5.41) is 8.70. The molecule has 3 rings (SSSR count). The molecule has 1 aliphatic rings. The monoisotopic (exact) mass is 325 g/mol. The standard InChI is InChI=1S/C19H19NO4/c1-13-9-14-5-2-3-8-17(14)20(11-13)19(23)15-6-4-7-16(10-15)24-12-18(21)22/h2-8,10,13H,9,11-12H2,1H3,(H,21,22). The first-order valence-electron chi connectivity index (χ1n) is 7.89. The van der Waals surface area contributed by atoms with Crippen molar-refractivity contribution < 1.29 is 19.4 Å². The second-order valence-corrected chi connectivity index (χ2v) is 6.06. The van der Waals surface area contributed by atoms with Crippen LogP contribution < -0.4 is 9.64 Å². The quantitative estimate of drug-likeness (QED) is 0.938. The average Bonchev–Trinajstić information content (AvgIpc) is 2.58. The van der Waals surface area contributed by atoms with Crippen molar-refractivity contribution >= 4 is 17.6 Å². The van der Waals surface area contributed by atoms with Crippen LogP contribution in [0.5, 0.6) is 5.75 Å². The minimum Gasteiger partial charge on any atom is -0.482 e. The van der Waals surface area contributed by atoms with Crippen molar-refractivity contribution in [2.45, 2.75) is 13.3 Å². The molecule has 1 heterocycles. The first kappa shape index (κ1) is 16.1. The molecule has 0 radical (unpaired) electrons. The molecule has 0 fully saturated rings. The Morgan fingerprint density at radius 1 is 1.21 bits per heavy atom. The number of carbonyl (C=O) groups is 2. The highest BCUT2D eigenvalue weighted by atomic mass is 16.5. The van der Waals surface area contributed by atoms with E-state index in [9.17, 15) is 9.59 Å². The number of amides is 1. The number of hydrogen-bond donors (Lipinski definition) is 1. The largest absolute Gasteiger partial charge is 0.482 e. The molecular weight excluding hydrogens is 306 g/mol. The van der Waals surface area contributed by atoms with Crippen LogP contribution in [0.4, 0.5) is 5.69 Å². The van der Waals surface area contributed by atoms with E-state index in [2.05, 4.69) is 13.0 Å². The maximum atomic E-state index is 13.0. The summed E-state index contributed by atoms with van der Waals surface area (Å²) in [6.45, 7) is 2.36. The van der Waals surface area contributed by atoms with Gasteiger partial charge in [0.15, 0.2) is 6.61 Å². The van der Waals surface area contributed by atoms with Gasteiger partial charge in [-0.1, -0.05) is 31.2 Å². The maximum absolute atomic E-state index is 13.0. The number of fused-ring (bicyclic) bond motifs is 1. The summed E-state index contributed by atoms with van der Waals surface area (Å²) in [7, 11) is 0. The third kappa shape index (κ3) is 3.40. The highest BCUT2D eigenvalue weighted by molar-refractivity contribution is 6.07. The lowest BCUT2D eigenvalue weighted by molar-refractivity contribution is -0.139. The molecular formula is C19H19NO4. The molecule has 0 bridgehead atoms. The summed E-state index contributed by atoms with van der Waals surface area (Å²) in [4.78, 5) is 25.4. The topological polar surface area (TPSA) is 66.8 Å². The normalized spacial score (nSPS) is 16.4. The Balaban J connectivity index is 1.87. The molecule has 1 aliphatic heterocycles. The van der Waals surface area contributed by atoms with E-state index in [1.54, 1.807) is 29.2 Å². The van der Waals surface area contributed by atoms with Crippen LogP contribution in [-0.4, -0.2) is 30.1 Å². The van der Waals surface area contributed by atoms with Gasteiger partial charge < -0.3 is 14.7 Å². The first-order valence-corrected chi connectivity index (χ1v) is 7.89. The Hall–Kier alpha value is -2.82. The molecule has 1 amide bonds. The number of carbonyl (C=O) groups excluding carboxylic acids is 1. The van der Waals surface area contributed by atoms with E-state index in [1.807, 2.05) is 18.2 Å². The van der Waals surface area contributed by atoms with Crippen LogP contribution in [0.3, 0.4) is 0 Å². The second-order valence-electron chi connectivity index (χ2n) is 6.06. The van der Waals surface area contributed by atoms with E-state index in [4.69, 9.17) is 9.84 Å². The van der Waals surface area contributed by atoms with Crippen LogP contribution in [0.25, 0.3) is 0 Å². The van der Waals surface area contributed by atoms with Gasteiger partial charge in [-0.2, -0.15) is 0 Å². The van der Waals surface area contributed by atoms with E-state index in [0.29, 0.717) is 23.8 Å². The minimum atomic E-state index is -1.05. The number of carboxylic acid groups (broad SMARTS) is 1. The number of carboxylic acids is 1. The van der Waals surface area contributed by atoms with Crippen LogP contribution in [0.1, 0.15) is 22.8 Å². The third-order valence-electron chi connectivity index (χ3n) is 4.03. The number of para-hydroxylation sites is 1. The van der Waals surface area contributed by atoms with Gasteiger partial charge in [-0.3, -0.25) is 4.79 Å². The van der Waals surface area contributed by atoms with Crippen LogP contribution in [0.2, 0.25) is 0 Å². The van der Waals surface area contributed by atoms with Crippen LogP contribution in [-0.2, 0) is 11.2 Å². The van der Waals surface area contributed by atoms with Crippen molar-refractivity contribution in [3.8, 4) is 5.75 Å². The molecule has 24 heavy (non-hydrogen) atoms. The van der Waals surface area contributed by atoms with Crippen molar-refractivity contribution in [3.63, 3.8) is 0 Å². The van der Waals surface area contributed by atoms with Crippen molar-refractivity contribution in [2.75, 3.05) is 18.1 Å². The van der Waals surface area contributed by atoms with Crippen molar-refractivity contribution in [1.82, 2.24) is 0 Å². The van der Waals surface area contributed by atoms with Gasteiger partial charge in [0.2, 0.25) is 0 Å². The van der Waals surface area contributed by atoms with E-state index in [-0.39, 0.29) is 5.91 Å². The molecule has 0 saturated carbocycles. The first-order chi connectivity index (χ1) is 11.5. The Bertz CT molecular complexity index is 771. The van der Waals surface area contributed by atoms with Gasteiger partial charge in [0.25, 0.3) is 5.91 Å². The van der Waals surface area contributed by atoms with Gasteiger partial charge in [-0.15, -0.1) is 0 Å². The lowest BCUT2D eigenvalue weighted by atomic mass is 9.93. The van der Waals surface area contributed by atoms with Gasteiger partial charge in [0.05, 0.1) is 0 Å². The van der Waals surface area contributed by atoms with Crippen LogP contribution >= 0.6 is 0 Å². The van der Waals surface area contributed by atoms with Crippen LogP contribution in [0, 0.1) is 5.92 Å². The van der Waals surface area contributed by atoms with Gasteiger partial charge in [0, 0.05) is 17.8 Å². The highest BCUT2D eigenvalue weighted by Crippen LogP contribution is 2.31. The molecule has 2 aromatic rings. The number of hydrogen-bond acceptors (Lipinski definition) is 3. The SMILES string of the molecule is CC1Cc2ccccc2N(C(=O)c2cccc(OCC(=O)O)c2)C1. The van der Waals surface area contributed by atoms with Gasteiger partial charge in [-0.05, 0) is 42.2 Å². The van der Waals surface area contributed by atoms with E-state index in [0.717, 1.165) is 12.1 Å². The minimum absolute atomic E-state index is 0.102. The molecule has 124 valence electrons. The molecule has 5 heteroatoms. The zero-order valence-electron chi connectivity index (χ0n) is 13.4. The van der Waals surface area contributed by atoms with Crippen molar-refractivity contribution in [3.05, 3.63) is 59.7 Å². The zero-order valence-corrected chi connectivity index (χ0v) is 13.4. The lowest BCUT2D eigenvalue weighted by Gasteiger charge is -2.33. The summed E-state index contributed by atoms with van der Waals surface area (Å²) < 4.78 is 5.17. The fraction of sp³-hybridized carbons (Fsp3) is 0.263. The zero-order chi connectivity index (χ0) is 17.1. The molecule has 1 N–H and O–H groups in total. The number of aliphatic carboxylic acids is 1. The van der Waals surface area contributed by atoms with Gasteiger partial charge in [-0.25, -0.2) is 4.79 Å². The number of nitrogens with zero attached hydrogens (tertiary/aromatic N) is 1. The van der Waals surface area contributed by atoms with Crippen LogP contribution in [0.15, 0.2) is 48.5 Å². The molecule has 0 aromatic heterocycles. The Morgan fingerprint density at radius 2 is 2.00 bits per heavy atom.